The van der Waals surface area contributed by atoms with Crippen molar-refractivity contribution in [1.82, 2.24) is 0 Å². The number of aryl methyl sites for hydroxylation is 1. The minimum atomic E-state index is -0.334. The summed E-state index contributed by atoms with van der Waals surface area (Å²) in [5.74, 6) is -0.335. The van der Waals surface area contributed by atoms with Gasteiger partial charge in [0.25, 0.3) is 0 Å². The number of primary amides is 1. The maximum absolute atomic E-state index is 11.5. The van der Waals surface area contributed by atoms with E-state index in [2.05, 4.69) is 5.32 Å². The number of carbonyl (C=O) groups excluding carboxylic acids is 2. The molecule has 1 aromatic rings. The lowest BCUT2D eigenvalue weighted by Gasteiger charge is -2.09. The third kappa shape index (κ3) is 4.68. The summed E-state index contributed by atoms with van der Waals surface area (Å²) in [7, 11) is 0. The van der Waals surface area contributed by atoms with Gasteiger partial charge < -0.3 is 11.1 Å². The molecule has 0 aromatic heterocycles. The van der Waals surface area contributed by atoms with Crippen LogP contribution in [0.5, 0.6) is 0 Å². The molecule has 4 nitrogen and oxygen atoms in total. The number of amides is 2. The Morgan fingerprint density at radius 1 is 1.24 bits per heavy atom. The van der Waals surface area contributed by atoms with Gasteiger partial charge in [0, 0.05) is 18.5 Å². The van der Waals surface area contributed by atoms with E-state index >= 15 is 0 Å². The van der Waals surface area contributed by atoms with Crippen molar-refractivity contribution in [3.8, 4) is 0 Å². The first kappa shape index (κ1) is 13.2. The molecule has 0 spiro atoms. The van der Waals surface area contributed by atoms with Crippen LogP contribution in [0.2, 0.25) is 0 Å². The van der Waals surface area contributed by atoms with Crippen molar-refractivity contribution in [2.75, 3.05) is 5.32 Å². The van der Waals surface area contributed by atoms with Crippen molar-refractivity contribution in [3.05, 3.63) is 29.8 Å². The quantitative estimate of drug-likeness (QED) is 0.788. The first-order valence-electron chi connectivity index (χ1n) is 5.79. The molecule has 0 aliphatic heterocycles. The van der Waals surface area contributed by atoms with Gasteiger partial charge in [0.05, 0.1) is 0 Å². The zero-order chi connectivity index (χ0) is 12.7. The molecule has 0 saturated carbocycles. The van der Waals surface area contributed by atoms with Crippen LogP contribution in [-0.4, -0.2) is 11.8 Å². The Morgan fingerprint density at radius 3 is 2.59 bits per heavy atom. The fraction of sp³-hybridized carbons (Fsp3) is 0.385. The molecular formula is C13H18N2O2. The molecule has 0 unspecified atom stereocenters. The van der Waals surface area contributed by atoms with Gasteiger partial charge in [-0.25, -0.2) is 0 Å². The number of nitrogens with two attached hydrogens (primary N) is 1. The summed E-state index contributed by atoms with van der Waals surface area (Å²) >= 11 is 0. The fourth-order valence-corrected chi connectivity index (χ4v) is 1.56. The second-order valence-corrected chi connectivity index (χ2v) is 3.92. The Bertz CT molecular complexity index is 402. The van der Waals surface area contributed by atoms with Gasteiger partial charge in [-0.1, -0.05) is 25.1 Å². The highest BCUT2D eigenvalue weighted by atomic mass is 16.1. The van der Waals surface area contributed by atoms with Crippen LogP contribution in [0.3, 0.4) is 0 Å². The summed E-state index contributed by atoms with van der Waals surface area (Å²) in [4.78, 5) is 22.2. The molecule has 0 heterocycles. The molecule has 0 radical (unpaired) electrons. The Balaban J connectivity index is 2.70. The molecule has 1 rings (SSSR count). The molecule has 1 aromatic carbocycles. The lowest BCUT2D eigenvalue weighted by atomic mass is 10.1. The highest BCUT2D eigenvalue weighted by Gasteiger charge is 2.06. The smallest absolute Gasteiger partial charge is 0.224 e. The average molecular weight is 234 g/mol. The minimum absolute atomic E-state index is 0.000903. The predicted octanol–water partition coefficient (Wildman–Crippen LogP) is 1.84. The highest BCUT2D eigenvalue weighted by molar-refractivity contribution is 5.91. The Hall–Kier alpha value is -1.84. The van der Waals surface area contributed by atoms with E-state index in [0.717, 1.165) is 17.7 Å². The summed E-state index contributed by atoms with van der Waals surface area (Å²) < 4.78 is 0. The number of anilines is 1. The van der Waals surface area contributed by atoms with Crippen LogP contribution in [0.15, 0.2) is 24.3 Å². The third-order valence-electron chi connectivity index (χ3n) is 2.41. The van der Waals surface area contributed by atoms with Crippen molar-refractivity contribution in [1.29, 1.82) is 0 Å². The minimum Gasteiger partial charge on any atom is -0.370 e. The normalized spacial score (nSPS) is 9.94. The molecule has 0 aliphatic rings. The SMILES string of the molecule is CCCC(=O)Nc1ccccc1CCC(N)=O. The molecule has 17 heavy (non-hydrogen) atoms. The van der Waals surface area contributed by atoms with Crippen LogP contribution in [0, 0.1) is 0 Å². The van der Waals surface area contributed by atoms with Crippen LogP contribution in [-0.2, 0) is 16.0 Å². The van der Waals surface area contributed by atoms with E-state index in [0.29, 0.717) is 19.3 Å². The van der Waals surface area contributed by atoms with Gasteiger partial charge in [-0.15, -0.1) is 0 Å². The van der Waals surface area contributed by atoms with Gasteiger partial charge in [-0.2, -0.15) is 0 Å². The molecule has 92 valence electrons. The van der Waals surface area contributed by atoms with Gasteiger partial charge in [-0.05, 0) is 24.5 Å². The number of benzene rings is 1. The lowest BCUT2D eigenvalue weighted by molar-refractivity contribution is -0.118. The van der Waals surface area contributed by atoms with E-state index < -0.39 is 0 Å². The molecule has 0 bridgehead atoms. The zero-order valence-corrected chi connectivity index (χ0v) is 10.0. The van der Waals surface area contributed by atoms with Crippen molar-refractivity contribution in [3.63, 3.8) is 0 Å². The van der Waals surface area contributed by atoms with Crippen molar-refractivity contribution < 1.29 is 9.59 Å². The Morgan fingerprint density at radius 2 is 1.94 bits per heavy atom. The van der Waals surface area contributed by atoms with E-state index in [1.807, 2.05) is 31.2 Å². The summed E-state index contributed by atoms with van der Waals surface area (Å²) in [5.41, 5.74) is 6.82. The monoisotopic (exact) mass is 234 g/mol. The largest absolute Gasteiger partial charge is 0.370 e. The molecule has 3 N–H and O–H groups in total. The fourth-order valence-electron chi connectivity index (χ4n) is 1.56. The topological polar surface area (TPSA) is 72.2 Å². The maximum Gasteiger partial charge on any atom is 0.224 e. The molecule has 2 amide bonds. The molecule has 0 saturated heterocycles. The molecular weight excluding hydrogens is 216 g/mol. The number of rotatable bonds is 6. The molecule has 0 atom stereocenters. The maximum atomic E-state index is 11.5. The van der Waals surface area contributed by atoms with E-state index in [4.69, 9.17) is 5.73 Å². The van der Waals surface area contributed by atoms with Crippen LogP contribution in [0.25, 0.3) is 0 Å². The zero-order valence-electron chi connectivity index (χ0n) is 10.0. The van der Waals surface area contributed by atoms with Crippen LogP contribution in [0.1, 0.15) is 31.7 Å². The first-order valence-corrected chi connectivity index (χ1v) is 5.79. The van der Waals surface area contributed by atoms with Crippen molar-refractivity contribution >= 4 is 17.5 Å². The number of carbonyl (C=O) groups is 2. The Kier molecular flexibility index (Phi) is 5.20. The van der Waals surface area contributed by atoms with E-state index in [1.54, 1.807) is 0 Å². The Labute approximate surface area is 101 Å². The number of para-hydroxylation sites is 1. The van der Waals surface area contributed by atoms with Gasteiger partial charge in [0.1, 0.15) is 0 Å². The van der Waals surface area contributed by atoms with Crippen LogP contribution in [0.4, 0.5) is 5.69 Å². The number of hydrogen-bond acceptors (Lipinski definition) is 2. The third-order valence-corrected chi connectivity index (χ3v) is 2.41. The summed E-state index contributed by atoms with van der Waals surface area (Å²) in [6, 6.07) is 7.47. The molecule has 4 heteroatoms. The van der Waals surface area contributed by atoms with Crippen LogP contribution >= 0.6 is 0 Å². The number of nitrogens with one attached hydrogen (secondary N) is 1. The number of hydrogen-bond donors (Lipinski definition) is 2. The highest BCUT2D eigenvalue weighted by Crippen LogP contribution is 2.17. The predicted molar refractivity (Wildman–Crippen MR) is 67.5 cm³/mol. The van der Waals surface area contributed by atoms with E-state index in [1.165, 1.54) is 0 Å². The standard InChI is InChI=1S/C13H18N2O2/c1-2-5-13(17)15-11-7-4-3-6-10(11)8-9-12(14)16/h3-4,6-7H,2,5,8-9H2,1H3,(H2,14,16)(H,15,17). The van der Waals surface area contributed by atoms with Crippen molar-refractivity contribution in [2.24, 2.45) is 5.73 Å². The van der Waals surface area contributed by atoms with Gasteiger partial charge >= 0.3 is 0 Å². The summed E-state index contributed by atoms with van der Waals surface area (Å²) in [5, 5.41) is 2.84. The average Bonchev–Trinajstić information content (AvgIpc) is 2.28. The molecule has 0 aliphatic carbocycles. The van der Waals surface area contributed by atoms with E-state index in [-0.39, 0.29) is 11.8 Å². The summed E-state index contributed by atoms with van der Waals surface area (Å²) in [6.07, 6.45) is 2.16. The summed E-state index contributed by atoms with van der Waals surface area (Å²) in [6.45, 7) is 1.96. The van der Waals surface area contributed by atoms with Gasteiger partial charge in [0.2, 0.25) is 11.8 Å². The van der Waals surface area contributed by atoms with Crippen LogP contribution < -0.4 is 11.1 Å². The molecule has 0 fully saturated rings. The van der Waals surface area contributed by atoms with Crippen molar-refractivity contribution in [2.45, 2.75) is 32.6 Å². The van der Waals surface area contributed by atoms with E-state index in [9.17, 15) is 9.59 Å². The second-order valence-electron chi connectivity index (χ2n) is 3.92. The first-order chi connectivity index (χ1) is 8.13. The lowest BCUT2D eigenvalue weighted by Crippen LogP contribution is -2.14. The van der Waals surface area contributed by atoms with Gasteiger partial charge in [0.15, 0.2) is 0 Å². The van der Waals surface area contributed by atoms with Gasteiger partial charge in [-0.3, -0.25) is 9.59 Å². The second kappa shape index (κ2) is 6.68.